The molecule has 3 heterocycles. The molecule has 0 aliphatic carbocycles. The Morgan fingerprint density at radius 3 is 3.10 bits per heavy atom. The molecule has 1 fully saturated rings. The highest BCUT2D eigenvalue weighted by atomic mass is 16.2. The van der Waals surface area contributed by atoms with E-state index in [1.54, 1.807) is 10.7 Å². The molecule has 7 nitrogen and oxygen atoms in total. The maximum Gasteiger partial charge on any atom is 0.293 e. The number of rotatable bonds is 4. The zero-order valence-corrected chi connectivity index (χ0v) is 12.4. The second-order valence-electron chi connectivity index (χ2n) is 5.38. The average Bonchev–Trinajstić information content (AvgIpc) is 3.13. The summed E-state index contributed by atoms with van der Waals surface area (Å²) in [5, 5.41) is 7.62. The van der Waals surface area contributed by atoms with Crippen LogP contribution in [0.1, 0.15) is 36.1 Å². The Kier molecular flexibility index (Phi) is 3.83. The number of carbonyl (C=O) groups excluding carboxylic acids is 1. The number of nitrogens with one attached hydrogen (secondary N) is 1. The van der Waals surface area contributed by atoms with Crippen molar-refractivity contribution in [2.45, 2.75) is 32.7 Å². The lowest BCUT2D eigenvalue weighted by Crippen LogP contribution is -2.42. The fraction of sp³-hybridized carbons (Fsp3) is 0.571. The first-order valence-electron chi connectivity index (χ1n) is 7.40. The highest BCUT2D eigenvalue weighted by Crippen LogP contribution is 2.13. The van der Waals surface area contributed by atoms with Crippen molar-refractivity contribution in [1.82, 2.24) is 29.8 Å². The van der Waals surface area contributed by atoms with E-state index in [2.05, 4.69) is 27.3 Å². The maximum absolute atomic E-state index is 12.7. The molecule has 0 aromatic carbocycles. The molecule has 112 valence electrons. The van der Waals surface area contributed by atoms with Crippen LogP contribution < -0.4 is 5.32 Å². The largest absolute Gasteiger partial charge is 0.332 e. The quantitative estimate of drug-likeness (QED) is 0.894. The van der Waals surface area contributed by atoms with E-state index in [-0.39, 0.29) is 17.8 Å². The van der Waals surface area contributed by atoms with Gasteiger partial charge in [-0.2, -0.15) is 4.98 Å². The van der Waals surface area contributed by atoms with Gasteiger partial charge in [0, 0.05) is 31.0 Å². The predicted octanol–water partition coefficient (Wildman–Crippen LogP) is 0.647. The van der Waals surface area contributed by atoms with Gasteiger partial charge in [0.1, 0.15) is 0 Å². The maximum atomic E-state index is 12.7. The van der Waals surface area contributed by atoms with Crippen molar-refractivity contribution in [1.29, 1.82) is 0 Å². The fourth-order valence-corrected chi connectivity index (χ4v) is 2.72. The Morgan fingerprint density at radius 2 is 2.43 bits per heavy atom. The molecule has 3 rings (SSSR count). The van der Waals surface area contributed by atoms with Gasteiger partial charge < -0.3 is 10.2 Å². The molecule has 1 unspecified atom stereocenters. The third-order valence-corrected chi connectivity index (χ3v) is 3.82. The lowest BCUT2D eigenvalue weighted by molar-refractivity contribution is 0.0680. The summed E-state index contributed by atoms with van der Waals surface area (Å²) in [4.78, 5) is 23.1. The van der Waals surface area contributed by atoms with Crippen LogP contribution in [0.15, 0.2) is 12.3 Å². The topological polar surface area (TPSA) is 75.4 Å². The standard InChI is InChI=1S/C14H20N6O/c1-3-8-19(11-5-6-15-9-11)13(21)12-17-14-16-7-4-10(2)20(14)18-12/h4,7,11,15H,3,5-6,8-9H2,1-2H3. The minimum Gasteiger partial charge on any atom is -0.332 e. The van der Waals surface area contributed by atoms with Crippen molar-refractivity contribution < 1.29 is 4.79 Å². The van der Waals surface area contributed by atoms with Crippen molar-refractivity contribution in [3.63, 3.8) is 0 Å². The summed E-state index contributed by atoms with van der Waals surface area (Å²) in [5.74, 6) is 0.604. The molecule has 1 N–H and O–H groups in total. The first-order valence-corrected chi connectivity index (χ1v) is 7.40. The number of fused-ring (bicyclic) bond motifs is 1. The first-order chi connectivity index (χ1) is 10.2. The third-order valence-electron chi connectivity index (χ3n) is 3.82. The molecule has 1 aliphatic heterocycles. The number of hydrogen-bond acceptors (Lipinski definition) is 5. The molecular weight excluding hydrogens is 268 g/mol. The summed E-state index contributed by atoms with van der Waals surface area (Å²) >= 11 is 0. The molecule has 7 heteroatoms. The molecule has 1 atom stereocenters. The van der Waals surface area contributed by atoms with Crippen LogP contribution in [0.4, 0.5) is 0 Å². The SMILES string of the molecule is CCCN(C(=O)c1nc2nccc(C)n2n1)C1CCNC1. The average molecular weight is 288 g/mol. The second kappa shape index (κ2) is 5.77. The van der Waals surface area contributed by atoms with Gasteiger partial charge in [-0.3, -0.25) is 4.79 Å². The Bertz CT molecular complexity index is 646. The Labute approximate surface area is 123 Å². The van der Waals surface area contributed by atoms with Crippen LogP contribution in [0.2, 0.25) is 0 Å². The number of nitrogens with zero attached hydrogens (tertiary/aromatic N) is 5. The summed E-state index contributed by atoms with van der Waals surface area (Å²) in [7, 11) is 0. The minimum atomic E-state index is -0.101. The molecule has 0 bridgehead atoms. The van der Waals surface area contributed by atoms with E-state index in [1.807, 2.05) is 17.9 Å². The molecule has 0 radical (unpaired) electrons. The summed E-state index contributed by atoms with van der Waals surface area (Å²) in [5.41, 5.74) is 0.913. The van der Waals surface area contributed by atoms with Gasteiger partial charge >= 0.3 is 0 Å². The lowest BCUT2D eigenvalue weighted by atomic mass is 10.2. The van der Waals surface area contributed by atoms with Gasteiger partial charge in [-0.1, -0.05) is 6.92 Å². The van der Waals surface area contributed by atoms with Crippen molar-refractivity contribution >= 4 is 11.7 Å². The Hall–Kier alpha value is -2.02. The van der Waals surface area contributed by atoms with Crippen LogP contribution >= 0.6 is 0 Å². The fourth-order valence-electron chi connectivity index (χ4n) is 2.72. The zero-order chi connectivity index (χ0) is 14.8. The van der Waals surface area contributed by atoms with Crippen molar-refractivity contribution in [3.8, 4) is 0 Å². The molecule has 2 aromatic rings. The number of carbonyl (C=O) groups is 1. The van der Waals surface area contributed by atoms with Crippen molar-refractivity contribution in [3.05, 3.63) is 23.8 Å². The normalized spacial score (nSPS) is 18.3. The van der Waals surface area contributed by atoms with Gasteiger partial charge in [-0.25, -0.2) is 9.50 Å². The van der Waals surface area contributed by atoms with E-state index in [4.69, 9.17) is 0 Å². The van der Waals surface area contributed by atoms with Gasteiger partial charge in [0.15, 0.2) is 0 Å². The molecule has 21 heavy (non-hydrogen) atoms. The van der Waals surface area contributed by atoms with Crippen LogP contribution in [-0.2, 0) is 0 Å². The minimum absolute atomic E-state index is 0.101. The first kappa shape index (κ1) is 13.9. The van der Waals surface area contributed by atoms with Gasteiger partial charge in [0.05, 0.1) is 0 Å². The molecule has 1 amide bonds. The molecule has 0 saturated carbocycles. The second-order valence-corrected chi connectivity index (χ2v) is 5.38. The monoisotopic (exact) mass is 288 g/mol. The van der Waals surface area contributed by atoms with E-state index in [0.29, 0.717) is 5.78 Å². The molecular formula is C14H20N6O. The van der Waals surface area contributed by atoms with Crippen LogP contribution in [0.25, 0.3) is 5.78 Å². The zero-order valence-electron chi connectivity index (χ0n) is 12.4. The van der Waals surface area contributed by atoms with E-state index < -0.39 is 0 Å². The highest BCUT2D eigenvalue weighted by molar-refractivity contribution is 5.91. The smallest absolute Gasteiger partial charge is 0.293 e. The van der Waals surface area contributed by atoms with Gasteiger partial charge in [-0.05, 0) is 32.4 Å². The van der Waals surface area contributed by atoms with Gasteiger partial charge in [-0.15, -0.1) is 5.10 Å². The Morgan fingerprint density at radius 1 is 1.57 bits per heavy atom. The number of hydrogen-bond donors (Lipinski definition) is 1. The summed E-state index contributed by atoms with van der Waals surface area (Å²) < 4.78 is 1.62. The van der Waals surface area contributed by atoms with Crippen LogP contribution in [-0.4, -0.2) is 56.1 Å². The highest BCUT2D eigenvalue weighted by Gasteiger charge is 2.29. The molecule has 0 spiro atoms. The van der Waals surface area contributed by atoms with E-state index >= 15 is 0 Å². The number of aromatic nitrogens is 4. The van der Waals surface area contributed by atoms with E-state index in [0.717, 1.165) is 38.2 Å². The summed E-state index contributed by atoms with van der Waals surface area (Å²) in [6.07, 6.45) is 3.58. The predicted molar refractivity (Wildman–Crippen MR) is 78.1 cm³/mol. The number of aryl methyl sites for hydroxylation is 1. The molecule has 1 saturated heterocycles. The molecule has 1 aliphatic rings. The van der Waals surface area contributed by atoms with E-state index in [1.165, 1.54) is 0 Å². The van der Waals surface area contributed by atoms with Crippen molar-refractivity contribution in [2.75, 3.05) is 19.6 Å². The molecule has 2 aromatic heterocycles. The lowest BCUT2D eigenvalue weighted by Gasteiger charge is -2.26. The number of amides is 1. The Balaban J connectivity index is 1.91. The van der Waals surface area contributed by atoms with Crippen LogP contribution in [0.3, 0.4) is 0 Å². The van der Waals surface area contributed by atoms with Gasteiger partial charge in [0.2, 0.25) is 5.82 Å². The van der Waals surface area contributed by atoms with Crippen LogP contribution in [0.5, 0.6) is 0 Å². The van der Waals surface area contributed by atoms with Gasteiger partial charge in [0.25, 0.3) is 11.7 Å². The van der Waals surface area contributed by atoms with Crippen LogP contribution in [0, 0.1) is 6.92 Å². The third kappa shape index (κ3) is 2.61. The van der Waals surface area contributed by atoms with Crippen molar-refractivity contribution in [2.24, 2.45) is 0 Å². The summed E-state index contributed by atoms with van der Waals surface area (Å²) in [6, 6.07) is 2.08. The summed E-state index contributed by atoms with van der Waals surface area (Å²) in [6.45, 7) is 6.52. The van der Waals surface area contributed by atoms with E-state index in [9.17, 15) is 4.79 Å².